The Labute approximate surface area is 262 Å². The third-order valence-electron chi connectivity index (χ3n) is 10.1. The molecule has 2 aromatic rings. The number of rotatable bonds is 10. The average molecular weight is 645 g/mol. The van der Waals surface area contributed by atoms with Gasteiger partial charge in [-0.25, -0.2) is 13.4 Å². The van der Waals surface area contributed by atoms with Crippen molar-refractivity contribution in [2.75, 3.05) is 32.6 Å². The molecule has 0 aliphatic carbocycles. The van der Waals surface area contributed by atoms with E-state index < -0.39 is 34.7 Å². The summed E-state index contributed by atoms with van der Waals surface area (Å²) < 4.78 is 47.1. The van der Waals surface area contributed by atoms with Gasteiger partial charge in [0.1, 0.15) is 29.9 Å². The highest BCUT2D eigenvalue weighted by Crippen LogP contribution is 2.43. The molecule has 10 nitrogen and oxygen atoms in total. The molecule has 0 saturated carbocycles. The van der Waals surface area contributed by atoms with E-state index in [0.717, 1.165) is 16.7 Å². The molecule has 2 saturated heterocycles. The molecule has 1 N–H and O–H groups in total. The van der Waals surface area contributed by atoms with Crippen LogP contribution in [0, 0.1) is 0 Å². The van der Waals surface area contributed by atoms with Gasteiger partial charge in [-0.3, -0.25) is 4.79 Å². The Morgan fingerprint density at radius 2 is 1.75 bits per heavy atom. The number of fused-ring (bicyclic) bond motifs is 1. The number of allylic oxidation sites excluding steroid dienone is 2. The molecule has 2 unspecified atom stereocenters. The largest absolute Gasteiger partial charge is 0.398 e. The third kappa shape index (κ3) is 5.46. The van der Waals surface area contributed by atoms with Crippen LogP contribution in [-0.4, -0.2) is 80.7 Å². The number of hydrogen-bond donors (Lipinski definition) is 1. The van der Waals surface area contributed by atoms with Crippen LogP contribution in [0.25, 0.3) is 11.0 Å². The number of morpholine rings is 1. The number of amides is 1. The highest BCUT2D eigenvalue weighted by molar-refractivity contribution is 7.92. The maximum Gasteiger partial charge on any atom is 0.249 e. The summed E-state index contributed by atoms with van der Waals surface area (Å²) in [5.41, 5.74) is 3.04. The predicted molar refractivity (Wildman–Crippen MR) is 174 cm³/mol. The molecule has 12 heteroatoms. The fourth-order valence-corrected chi connectivity index (χ4v) is 14.7. The van der Waals surface area contributed by atoms with Crippen LogP contribution in [0.5, 0.6) is 0 Å². The van der Waals surface area contributed by atoms with Crippen LogP contribution in [-0.2, 0) is 40.8 Å². The smallest absolute Gasteiger partial charge is 0.249 e. The number of sulfone groups is 1. The molecular weight excluding hydrogens is 597 g/mol. The van der Waals surface area contributed by atoms with E-state index in [1.807, 2.05) is 42.8 Å². The molecule has 0 spiro atoms. The fraction of sp³-hybridized carbons (Fsp3) is 0.625. The number of carbonyl (C=O) groups is 1. The van der Waals surface area contributed by atoms with Crippen LogP contribution in [0.4, 0.5) is 0 Å². The molecule has 2 aromatic heterocycles. The van der Waals surface area contributed by atoms with Gasteiger partial charge in [-0.1, -0.05) is 53.7 Å². The summed E-state index contributed by atoms with van der Waals surface area (Å²) in [6, 6.07) is 6.04. The van der Waals surface area contributed by atoms with E-state index >= 15 is 0 Å². The maximum absolute atomic E-state index is 13.3. The summed E-state index contributed by atoms with van der Waals surface area (Å²) in [5.74, 6) is -0.330. The maximum atomic E-state index is 13.3. The summed E-state index contributed by atoms with van der Waals surface area (Å²) in [4.78, 5) is 18.6. The average Bonchev–Trinajstić information content (AvgIpc) is 3.39. The number of carbonyl (C=O) groups excluding carboxylic acids is 1. The molecule has 2 atom stereocenters. The minimum absolute atomic E-state index is 0.0952. The normalized spacial score (nSPS) is 24.5. The zero-order chi connectivity index (χ0) is 31.9. The van der Waals surface area contributed by atoms with Crippen molar-refractivity contribution in [3.8, 4) is 0 Å². The number of aromatic nitrogens is 2. The van der Waals surface area contributed by atoms with Crippen LogP contribution in [0.15, 0.2) is 48.8 Å². The van der Waals surface area contributed by atoms with Gasteiger partial charge in [0.2, 0.25) is 14.2 Å². The lowest BCUT2D eigenvalue weighted by Gasteiger charge is -2.50. The molecule has 2 fully saturated rings. The van der Waals surface area contributed by atoms with Gasteiger partial charge in [0.15, 0.2) is 9.84 Å². The quantitative estimate of drug-likeness (QED) is 0.366. The molecule has 5 rings (SSSR count). The molecule has 0 radical (unpaired) electrons. The first-order chi connectivity index (χ1) is 20.8. The third-order valence-corrected chi connectivity index (χ3v) is 18.2. The molecule has 0 aromatic carbocycles. The molecule has 242 valence electrons. The Hall–Kier alpha value is -2.51. The SMILES string of the molecule is CC(C)[Si](OCn1ccc2nc(C3(C4CN(C5(S(C)(=O)=O)CCOCC5)C(=O)CO4)C=CC=CN3)ccc21)(C(C)C)C(C)C. The zero-order valence-corrected chi connectivity index (χ0v) is 28.9. The Bertz CT molecular complexity index is 1510. The lowest BCUT2D eigenvalue weighted by atomic mass is 9.84. The standard InChI is InChI=1S/C32H48N4O6SSi/c1-23(2)44(24(3)4,25(5)6)42-22-35-17-12-26-27(35)10-11-28(34-26)32(13-8-9-16-33-32)29-20-36(30(37)21-41-29)31(43(7,38)39)14-18-40-19-15-31/h8-13,16-17,23-25,29,33H,14-15,18-22H2,1-7H3. The van der Waals surface area contributed by atoms with E-state index in [0.29, 0.717) is 23.4 Å². The van der Waals surface area contributed by atoms with E-state index in [1.165, 1.54) is 11.2 Å². The summed E-state index contributed by atoms with van der Waals surface area (Å²) >= 11 is 0. The molecule has 44 heavy (non-hydrogen) atoms. The topological polar surface area (TPSA) is 112 Å². The van der Waals surface area contributed by atoms with E-state index in [2.05, 4.69) is 57.5 Å². The fourth-order valence-electron chi connectivity index (χ4n) is 7.89. The number of pyridine rings is 1. The Morgan fingerprint density at radius 3 is 2.34 bits per heavy atom. The second-order valence-corrected chi connectivity index (χ2v) is 21.1. The van der Waals surface area contributed by atoms with Gasteiger partial charge >= 0.3 is 0 Å². The van der Waals surface area contributed by atoms with Crippen molar-refractivity contribution >= 4 is 35.1 Å². The monoisotopic (exact) mass is 644 g/mol. The van der Waals surface area contributed by atoms with Crippen molar-refractivity contribution in [2.24, 2.45) is 0 Å². The van der Waals surface area contributed by atoms with Crippen molar-refractivity contribution < 1.29 is 27.1 Å². The van der Waals surface area contributed by atoms with Gasteiger partial charge < -0.3 is 28.7 Å². The summed E-state index contributed by atoms with van der Waals surface area (Å²) in [7, 11) is -5.68. The number of nitrogens with one attached hydrogen (secondary N) is 1. The second kappa shape index (κ2) is 12.4. The highest BCUT2D eigenvalue weighted by Gasteiger charge is 2.54. The minimum Gasteiger partial charge on any atom is -0.398 e. The van der Waals surface area contributed by atoms with Crippen molar-refractivity contribution in [1.29, 1.82) is 0 Å². The predicted octanol–water partition coefficient (Wildman–Crippen LogP) is 4.83. The van der Waals surface area contributed by atoms with Gasteiger partial charge in [0, 0.05) is 38.5 Å². The Balaban J connectivity index is 1.48. The lowest BCUT2D eigenvalue weighted by Crippen LogP contribution is -2.67. The number of nitrogens with zero attached hydrogens (tertiary/aromatic N) is 3. The lowest BCUT2D eigenvalue weighted by molar-refractivity contribution is -0.162. The first-order valence-corrected chi connectivity index (χ1v) is 19.7. The number of dihydropyridines is 1. The van der Waals surface area contributed by atoms with Crippen molar-refractivity contribution in [3.63, 3.8) is 0 Å². The molecule has 1 amide bonds. The van der Waals surface area contributed by atoms with E-state index in [4.69, 9.17) is 18.9 Å². The van der Waals surface area contributed by atoms with Crippen LogP contribution in [0.3, 0.4) is 0 Å². The summed E-state index contributed by atoms with van der Waals surface area (Å²) in [6.45, 7) is 14.6. The van der Waals surface area contributed by atoms with Crippen molar-refractivity contribution in [2.45, 2.75) is 94.3 Å². The first-order valence-electron chi connectivity index (χ1n) is 15.7. The van der Waals surface area contributed by atoms with Gasteiger partial charge in [-0.05, 0) is 47.1 Å². The molecular formula is C32H48N4O6SSi. The molecule has 3 aliphatic heterocycles. The van der Waals surface area contributed by atoms with Gasteiger partial charge in [0.25, 0.3) is 0 Å². The summed E-state index contributed by atoms with van der Waals surface area (Å²) in [6.07, 6.45) is 10.8. The Morgan fingerprint density at radius 1 is 1.07 bits per heavy atom. The minimum atomic E-state index is -3.63. The molecule has 0 bridgehead atoms. The number of ether oxygens (including phenoxy) is 2. The van der Waals surface area contributed by atoms with Crippen LogP contribution in [0.1, 0.15) is 60.1 Å². The second-order valence-electron chi connectivity index (χ2n) is 13.3. The zero-order valence-electron chi connectivity index (χ0n) is 27.1. The molecule has 5 heterocycles. The van der Waals surface area contributed by atoms with Crippen molar-refractivity contribution in [1.82, 2.24) is 19.8 Å². The number of hydrogen-bond acceptors (Lipinski definition) is 8. The molecule has 3 aliphatic rings. The van der Waals surface area contributed by atoms with Crippen LogP contribution >= 0.6 is 0 Å². The van der Waals surface area contributed by atoms with Crippen LogP contribution in [0.2, 0.25) is 16.6 Å². The highest BCUT2D eigenvalue weighted by atomic mass is 32.2. The van der Waals surface area contributed by atoms with E-state index in [-0.39, 0.29) is 45.1 Å². The van der Waals surface area contributed by atoms with Gasteiger partial charge in [0.05, 0.1) is 23.3 Å². The van der Waals surface area contributed by atoms with E-state index in [9.17, 15) is 13.2 Å². The van der Waals surface area contributed by atoms with Crippen molar-refractivity contribution in [3.05, 3.63) is 54.5 Å². The Kier molecular flexibility index (Phi) is 9.23. The first kappa shape index (κ1) is 32.9. The summed E-state index contributed by atoms with van der Waals surface area (Å²) in [5, 5.41) is 3.47. The van der Waals surface area contributed by atoms with Crippen LogP contribution < -0.4 is 5.32 Å². The van der Waals surface area contributed by atoms with Gasteiger partial charge in [-0.15, -0.1) is 0 Å². The van der Waals surface area contributed by atoms with E-state index in [1.54, 1.807) is 0 Å². The van der Waals surface area contributed by atoms with Gasteiger partial charge in [-0.2, -0.15) is 0 Å².